The van der Waals surface area contributed by atoms with E-state index in [-0.39, 0.29) is 12.1 Å². The highest BCUT2D eigenvalue weighted by atomic mass is 16.5. The van der Waals surface area contributed by atoms with Crippen molar-refractivity contribution in [2.45, 2.75) is 37.8 Å². The number of carbonyl (C=O) groups is 1. The molecule has 1 aromatic heterocycles. The number of ether oxygens (including phenoxy) is 1. The highest BCUT2D eigenvalue weighted by molar-refractivity contribution is 5.89. The van der Waals surface area contributed by atoms with Crippen LogP contribution in [-0.2, 0) is 4.74 Å². The van der Waals surface area contributed by atoms with E-state index in [0.717, 1.165) is 50.5 Å². The number of nitrogens with zero attached hydrogens (tertiary/aromatic N) is 4. The van der Waals surface area contributed by atoms with Crippen molar-refractivity contribution in [1.29, 1.82) is 0 Å². The standard InChI is InChI=1S/C19H26N6O2/c26-19(23-16-3-1-4-17(11-16)25-13-20-21-14-25)22-15-6-8-24(9-7-15)12-18-5-2-10-27-18/h1,3-4,11,13-15,18H,2,5-10,12H2,(H2,22,23,26). The number of benzene rings is 1. The number of aromatic nitrogens is 3. The van der Waals surface area contributed by atoms with Gasteiger partial charge in [0.2, 0.25) is 0 Å². The summed E-state index contributed by atoms with van der Waals surface area (Å²) in [6.07, 6.45) is 7.96. The van der Waals surface area contributed by atoms with Crippen LogP contribution in [0.15, 0.2) is 36.9 Å². The Labute approximate surface area is 158 Å². The average molecular weight is 370 g/mol. The van der Waals surface area contributed by atoms with Gasteiger partial charge in [-0.05, 0) is 43.9 Å². The molecule has 2 amide bonds. The van der Waals surface area contributed by atoms with Crippen molar-refractivity contribution in [1.82, 2.24) is 25.0 Å². The van der Waals surface area contributed by atoms with E-state index < -0.39 is 0 Å². The molecule has 0 saturated carbocycles. The minimum atomic E-state index is -0.159. The van der Waals surface area contributed by atoms with E-state index in [1.165, 1.54) is 12.8 Å². The second-order valence-corrected chi connectivity index (χ2v) is 7.23. The van der Waals surface area contributed by atoms with Crippen LogP contribution in [0, 0.1) is 0 Å². The van der Waals surface area contributed by atoms with E-state index in [2.05, 4.69) is 25.7 Å². The predicted octanol–water partition coefficient (Wildman–Crippen LogP) is 2.03. The number of urea groups is 1. The molecule has 2 aliphatic heterocycles. The molecule has 2 N–H and O–H groups in total. The van der Waals surface area contributed by atoms with Gasteiger partial charge in [-0.25, -0.2) is 4.79 Å². The van der Waals surface area contributed by atoms with E-state index >= 15 is 0 Å². The van der Waals surface area contributed by atoms with Gasteiger partial charge in [0, 0.05) is 38.0 Å². The van der Waals surface area contributed by atoms with E-state index in [1.807, 2.05) is 24.3 Å². The number of hydrogen-bond donors (Lipinski definition) is 2. The molecule has 1 unspecified atom stereocenters. The molecule has 2 aromatic rings. The zero-order valence-electron chi connectivity index (χ0n) is 15.4. The normalized spacial score (nSPS) is 21.3. The summed E-state index contributed by atoms with van der Waals surface area (Å²) in [5.74, 6) is 0. The predicted molar refractivity (Wildman–Crippen MR) is 102 cm³/mol. The van der Waals surface area contributed by atoms with Gasteiger partial charge < -0.3 is 20.3 Å². The minimum Gasteiger partial charge on any atom is -0.377 e. The van der Waals surface area contributed by atoms with Crippen molar-refractivity contribution in [3.8, 4) is 5.69 Å². The molecular weight excluding hydrogens is 344 g/mol. The molecule has 2 fully saturated rings. The third-order valence-electron chi connectivity index (χ3n) is 5.23. The van der Waals surface area contributed by atoms with Gasteiger partial charge >= 0.3 is 6.03 Å². The lowest BCUT2D eigenvalue weighted by Crippen LogP contribution is -2.47. The molecule has 1 aromatic carbocycles. The van der Waals surface area contributed by atoms with Crippen LogP contribution in [0.2, 0.25) is 0 Å². The maximum atomic E-state index is 12.4. The van der Waals surface area contributed by atoms with Gasteiger partial charge in [-0.2, -0.15) is 0 Å². The number of piperidine rings is 1. The van der Waals surface area contributed by atoms with E-state index in [1.54, 1.807) is 17.2 Å². The Hall–Kier alpha value is -2.45. The quantitative estimate of drug-likeness (QED) is 0.841. The molecule has 3 heterocycles. The molecule has 4 rings (SSSR count). The first kappa shape index (κ1) is 17.9. The fourth-order valence-electron chi connectivity index (χ4n) is 3.77. The van der Waals surface area contributed by atoms with Crippen molar-refractivity contribution in [2.75, 3.05) is 31.6 Å². The zero-order chi connectivity index (χ0) is 18.5. The summed E-state index contributed by atoms with van der Waals surface area (Å²) >= 11 is 0. The van der Waals surface area contributed by atoms with Crippen molar-refractivity contribution >= 4 is 11.7 Å². The van der Waals surface area contributed by atoms with Gasteiger partial charge in [0.1, 0.15) is 12.7 Å². The summed E-state index contributed by atoms with van der Waals surface area (Å²) in [5, 5.41) is 13.6. The van der Waals surface area contributed by atoms with Crippen LogP contribution in [0.25, 0.3) is 5.69 Å². The van der Waals surface area contributed by atoms with Crippen molar-refractivity contribution in [3.63, 3.8) is 0 Å². The second kappa shape index (κ2) is 8.49. The summed E-state index contributed by atoms with van der Waals surface area (Å²) in [7, 11) is 0. The number of carbonyl (C=O) groups excluding carboxylic acids is 1. The van der Waals surface area contributed by atoms with Crippen LogP contribution in [0.5, 0.6) is 0 Å². The van der Waals surface area contributed by atoms with Gasteiger partial charge in [-0.1, -0.05) is 6.07 Å². The Bertz CT molecular complexity index is 736. The summed E-state index contributed by atoms with van der Waals surface area (Å²) in [6, 6.07) is 7.66. The van der Waals surface area contributed by atoms with Gasteiger partial charge in [-0.15, -0.1) is 10.2 Å². The summed E-state index contributed by atoms with van der Waals surface area (Å²) in [4.78, 5) is 14.8. The Morgan fingerprint density at radius 1 is 1.19 bits per heavy atom. The van der Waals surface area contributed by atoms with Crippen LogP contribution in [-0.4, -0.2) is 64.1 Å². The number of nitrogens with one attached hydrogen (secondary N) is 2. The average Bonchev–Trinajstić information content (AvgIpc) is 3.37. The minimum absolute atomic E-state index is 0.159. The first-order chi connectivity index (χ1) is 13.3. The van der Waals surface area contributed by atoms with Gasteiger partial charge in [0.15, 0.2) is 0 Å². The fourth-order valence-corrected chi connectivity index (χ4v) is 3.77. The topological polar surface area (TPSA) is 84.3 Å². The van der Waals surface area contributed by atoms with Gasteiger partial charge in [0.25, 0.3) is 0 Å². The maximum absolute atomic E-state index is 12.4. The highest BCUT2D eigenvalue weighted by Crippen LogP contribution is 2.18. The van der Waals surface area contributed by atoms with Crippen LogP contribution in [0.3, 0.4) is 0 Å². The Morgan fingerprint density at radius 3 is 2.74 bits per heavy atom. The number of likely N-dealkylation sites (tertiary alicyclic amines) is 1. The van der Waals surface area contributed by atoms with Crippen molar-refractivity contribution < 1.29 is 9.53 Å². The molecule has 0 spiro atoms. The van der Waals surface area contributed by atoms with Crippen molar-refractivity contribution in [3.05, 3.63) is 36.9 Å². The van der Waals surface area contributed by atoms with Crippen molar-refractivity contribution in [2.24, 2.45) is 0 Å². The molecule has 1 atom stereocenters. The molecule has 0 radical (unpaired) electrons. The maximum Gasteiger partial charge on any atom is 0.319 e. The second-order valence-electron chi connectivity index (χ2n) is 7.23. The number of anilines is 1. The molecule has 2 aliphatic rings. The monoisotopic (exact) mass is 370 g/mol. The number of rotatable bonds is 5. The highest BCUT2D eigenvalue weighted by Gasteiger charge is 2.24. The summed E-state index contributed by atoms with van der Waals surface area (Å²) in [6.45, 7) is 3.94. The molecule has 0 bridgehead atoms. The lowest BCUT2D eigenvalue weighted by atomic mass is 10.0. The Balaban J connectivity index is 1.23. The van der Waals surface area contributed by atoms with Crippen LogP contribution >= 0.6 is 0 Å². The Kier molecular flexibility index (Phi) is 5.64. The fraction of sp³-hybridized carbons (Fsp3) is 0.526. The third kappa shape index (κ3) is 4.84. The number of hydrogen-bond acceptors (Lipinski definition) is 5. The molecule has 8 nitrogen and oxygen atoms in total. The van der Waals surface area contributed by atoms with Gasteiger partial charge in [0.05, 0.1) is 11.8 Å². The molecular formula is C19H26N6O2. The van der Waals surface area contributed by atoms with E-state index in [4.69, 9.17) is 4.74 Å². The van der Waals surface area contributed by atoms with E-state index in [9.17, 15) is 4.79 Å². The first-order valence-corrected chi connectivity index (χ1v) is 9.63. The van der Waals surface area contributed by atoms with Crippen LogP contribution in [0.1, 0.15) is 25.7 Å². The smallest absolute Gasteiger partial charge is 0.319 e. The molecule has 27 heavy (non-hydrogen) atoms. The molecule has 8 heteroatoms. The molecule has 0 aliphatic carbocycles. The number of amides is 2. The third-order valence-corrected chi connectivity index (χ3v) is 5.23. The van der Waals surface area contributed by atoms with Gasteiger partial charge in [-0.3, -0.25) is 4.57 Å². The summed E-state index contributed by atoms with van der Waals surface area (Å²) in [5.41, 5.74) is 1.65. The molecule has 2 saturated heterocycles. The largest absolute Gasteiger partial charge is 0.377 e. The lowest BCUT2D eigenvalue weighted by Gasteiger charge is -2.33. The SMILES string of the molecule is O=C(Nc1cccc(-n2cnnc2)c1)NC1CCN(CC2CCCO2)CC1. The Morgan fingerprint density at radius 2 is 2.00 bits per heavy atom. The first-order valence-electron chi connectivity index (χ1n) is 9.63. The van der Waals surface area contributed by atoms with Crippen LogP contribution in [0.4, 0.5) is 10.5 Å². The molecule has 144 valence electrons. The van der Waals surface area contributed by atoms with E-state index in [0.29, 0.717) is 6.10 Å². The zero-order valence-corrected chi connectivity index (χ0v) is 15.4. The van der Waals surface area contributed by atoms with Crippen LogP contribution < -0.4 is 10.6 Å². The summed E-state index contributed by atoms with van der Waals surface area (Å²) < 4.78 is 7.52. The lowest BCUT2D eigenvalue weighted by molar-refractivity contribution is 0.0633.